The first-order valence-electron chi connectivity index (χ1n) is 9.84. The van der Waals surface area contributed by atoms with Crippen molar-refractivity contribution in [2.75, 3.05) is 7.11 Å². The van der Waals surface area contributed by atoms with Gasteiger partial charge in [-0.1, -0.05) is 0 Å². The van der Waals surface area contributed by atoms with E-state index in [1.165, 1.54) is 0 Å². The lowest BCUT2D eigenvalue weighted by Gasteiger charge is -2.07. The number of imidazole rings is 1. The number of carbonyl (C=O) groups is 1. The molecule has 0 aliphatic rings. The Bertz CT molecular complexity index is 1400. The van der Waals surface area contributed by atoms with Crippen LogP contribution in [0, 0.1) is 6.92 Å². The SMILES string of the molecule is COc1cc2ncn(CC(=O)c3c[nH]c4cc(Oc5cccnc5)ccc34)c2cc1C. The van der Waals surface area contributed by atoms with Crippen LogP contribution in [0.15, 0.2) is 67.4 Å². The predicted octanol–water partition coefficient (Wildman–Crippen LogP) is 4.90. The van der Waals surface area contributed by atoms with Crippen LogP contribution >= 0.6 is 0 Å². The molecule has 3 aromatic heterocycles. The quantitative estimate of drug-likeness (QED) is 0.401. The third-order valence-corrected chi connectivity index (χ3v) is 5.28. The third kappa shape index (κ3) is 3.50. The summed E-state index contributed by atoms with van der Waals surface area (Å²) in [6.07, 6.45) is 6.78. The number of aromatic nitrogens is 4. The largest absolute Gasteiger partial charge is 0.496 e. The Balaban J connectivity index is 1.41. The maximum absolute atomic E-state index is 13.1. The number of nitrogens with one attached hydrogen (secondary N) is 1. The lowest BCUT2D eigenvalue weighted by Crippen LogP contribution is -2.09. The molecule has 7 nitrogen and oxygen atoms in total. The molecule has 0 spiro atoms. The summed E-state index contributed by atoms with van der Waals surface area (Å²) in [6, 6.07) is 13.2. The molecule has 5 rings (SSSR count). The second-order valence-corrected chi connectivity index (χ2v) is 7.31. The lowest BCUT2D eigenvalue weighted by atomic mass is 10.1. The molecule has 0 aliphatic carbocycles. The Hall–Kier alpha value is -4.13. The summed E-state index contributed by atoms with van der Waals surface area (Å²) in [4.78, 5) is 24.7. The third-order valence-electron chi connectivity index (χ3n) is 5.28. The summed E-state index contributed by atoms with van der Waals surface area (Å²) in [7, 11) is 1.64. The summed E-state index contributed by atoms with van der Waals surface area (Å²) in [5, 5.41) is 0.853. The molecule has 2 aromatic carbocycles. The summed E-state index contributed by atoms with van der Waals surface area (Å²) in [6.45, 7) is 2.17. The minimum absolute atomic E-state index is 0.0000474. The molecule has 0 bridgehead atoms. The van der Waals surface area contributed by atoms with Gasteiger partial charge in [-0.25, -0.2) is 4.98 Å². The van der Waals surface area contributed by atoms with Crippen LogP contribution in [-0.4, -0.2) is 32.4 Å². The highest BCUT2D eigenvalue weighted by molar-refractivity contribution is 6.08. The number of benzene rings is 2. The van der Waals surface area contributed by atoms with Crippen LogP contribution in [-0.2, 0) is 6.54 Å². The van der Waals surface area contributed by atoms with Crippen molar-refractivity contribution in [3.63, 3.8) is 0 Å². The summed E-state index contributed by atoms with van der Waals surface area (Å²) in [5.41, 5.74) is 4.17. The number of rotatable bonds is 6. The number of Topliss-reactive ketones (excluding diaryl/α,β-unsaturated/α-hetero) is 1. The van der Waals surface area contributed by atoms with Crippen molar-refractivity contribution in [3.8, 4) is 17.2 Å². The van der Waals surface area contributed by atoms with E-state index < -0.39 is 0 Å². The average Bonchev–Trinajstić information content (AvgIpc) is 3.37. The molecule has 1 N–H and O–H groups in total. The van der Waals surface area contributed by atoms with Gasteiger partial charge in [-0.3, -0.25) is 9.78 Å². The zero-order valence-corrected chi connectivity index (χ0v) is 17.1. The lowest BCUT2D eigenvalue weighted by molar-refractivity contribution is 0.0975. The number of hydrogen-bond donors (Lipinski definition) is 1. The van der Waals surface area contributed by atoms with Gasteiger partial charge in [0, 0.05) is 41.0 Å². The normalized spacial score (nSPS) is 11.2. The first kappa shape index (κ1) is 18.9. The van der Waals surface area contributed by atoms with Crippen LogP contribution in [0.2, 0.25) is 0 Å². The number of methoxy groups -OCH3 is 1. The summed E-state index contributed by atoms with van der Waals surface area (Å²) in [5.74, 6) is 2.11. The molecule has 31 heavy (non-hydrogen) atoms. The fraction of sp³-hybridized carbons (Fsp3) is 0.125. The molecular weight excluding hydrogens is 392 g/mol. The van der Waals surface area contributed by atoms with E-state index in [9.17, 15) is 4.79 Å². The number of nitrogens with zero attached hydrogens (tertiary/aromatic N) is 3. The molecule has 0 unspecified atom stereocenters. The van der Waals surface area contributed by atoms with Gasteiger partial charge >= 0.3 is 0 Å². The van der Waals surface area contributed by atoms with Crippen LogP contribution in [0.3, 0.4) is 0 Å². The minimum atomic E-state index is -0.0000474. The van der Waals surface area contributed by atoms with E-state index in [1.54, 1.807) is 32.0 Å². The molecule has 0 radical (unpaired) electrons. The molecule has 154 valence electrons. The van der Waals surface area contributed by atoms with E-state index in [0.29, 0.717) is 17.1 Å². The predicted molar refractivity (Wildman–Crippen MR) is 118 cm³/mol. The zero-order valence-electron chi connectivity index (χ0n) is 17.1. The van der Waals surface area contributed by atoms with Gasteiger partial charge in [0.1, 0.15) is 17.2 Å². The summed E-state index contributed by atoms with van der Waals surface area (Å²) >= 11 is 0. The molecule has 0 atom stereocenters. The maximum atomic E-state index is 13.1. The second kappa shape index (κ2) is 7.60. The minimum Gasteiger partial charge on any atom is -0.496 e. The van der Waals surface area contributed by atoms with Crippen molar-refractivity contribution in [3.05, 3.63) is 78.5 Å². The van der Waals surface area contributed by atoms with E-state index in [-0.39, 0.29) is 12.3 Å². The molecule has 0 aliphatic heterocycles. The highest BCUT2D eigenvalue weighted by atomic mass is 16.5. The summed E-state index contributed by atoms with van der Waals surface area (Å²) < 4.78 is 13.1. The number of aryl methyl sites for hydroxylation is 1. The fourth-order valence-corrected chi connectivity index (χ4v) is 3.72. The van der Waals surface area contributed by atoms with Crippen LogP contribution in [0.25, 0.3) is 21.9 Å². The van der Waals surface area contributed by atoms with Crippen molar-refractivity contribution >= 4 is 27.7 Å². The van der Waals surface area contributed by atoms with Gasteiger partial charge in [0.05, 0.1) is 37.2 Å². The Morgan fingerprint density at radius 2 is 2.06 bits per heavy atom. The number of aromatic amines is 1. The van der Waals surface area contributed by atoms with E-state index in [4.69, 9.17) is 9.47 Å². The Kier molecular flexibility index (Phi) is 4.63. The average molecular weight is 412 g/mol. The van der Waals surface area contributed by atoms with Crippen molar-refractivity contribution in [2.45, 2.75) is 13.5 Å². The number of ether oxygens (including phenoxy) is 2. The molecule has 0 amide bonds. The number of hydrogen-bond acceptors (Lipinski definition) is 5. The zero-order chi connectivity index (χ0) is 21.4. The number of fused-ring (bicyclic) bond motifs is 2. The van der Waals surface area contributed by atoms with E-state index in [2.05, 4.69) is 15.0 Å². The van der Waals surface area contributed by atoms with Crippen molar-refractivity contribution in [1.82, 2.24) is 19.5 Å². The van der Waals surface area contributed by atoms with Gasteiger partial charge in [-0.2, -0.15) is 0 Å². The molecule has 5 aromatic rings. The van der Waals surface area contributed by atoms with Crippen molar-refractivity contribution in [1.29, 1.82) is 0 Å². The van der Waals surface area contributed by atoms with Crippen LogP contribution in [0.5, 0.6) is 17.2 Å². The van der Waals surface area contributed by atoms with Gasteiger partial charge < -0.3 is 19.0 Å². The number of ketones is 1. The molecule has 0 saturated carbocycles. The monoisotopic (exact) mass is 412 g/mol. The van der Waals surface area contributed by atoms with Crippen molar-refractivity contribution < 1.29 is 14.3 Å². The van der Waals surface area contributed by atoms with Gasteiger partial charge in [-0.05, 0) is 42.8 Å². The van der Waals surface area contributed by atoms with Crippen LogP contribution in [0.1, 0.15) is 15.9 Å². The van der Waals surface area contributed by atoms with Gasteiger partial charge in [-0.15, -0.1) is 0 Å². The maximum Gasteiger partial charge on any atom is 0.184 e. The second-order valence-electron chi connectivity index (χ2n) is 7.31. The van der Waals surface area contributed by atoms with Gasteiger partial charge in [0.15, 0.2) is 5.78 Å². The number of carbonyl (C=O) groups excluding carboxylic acids is 1. The van der Waals surface area contributed by atoms with E-state index in [0.717, 1.165) is 33.2 Å². The molecule has 0 fully saturated rings. The van der Waals surface area contributed by atoms with Gasteiger partial charge in [0.25, 0.3) is 0 Å². The Labute approximate surface area is 178 Å². The van der Waals surface area contributed by atoms with E-state index >= 15 is 0 Å². The standard InChI is InChI=1S/C24H20N4O3/c1-15-8-22-21(10-24(15)30-2)27-14-28(22)13-23(29)19-12-26-20-9-16(5-6-18(19)20)31-17-4-3-7-25-11-17/h3-12,14,26H,13H2,1-2H3. The number of H-pyrrole nitrogens is 1. The van der Waals surface area contributed by atoms with Crippen LogP contribution in [0.4, 0.5) is 0 Å². The Morgan fingerprint density at radius 1 is 1.16 bits per heavy atom. The smallest absolute Gasteiger partial charge is 0.184 e. The number of pyridine rings is 1. The van der Waals surface area contributed by atoms with E-state index in [1.807, 2.05) is 54.0 Å². The van der Waals surface area contributed by atoms with Gasteiger partial charge in [0.2, 0.25) is 0 Å². The molecular formula is C24H20N4O3. The first-order chi connectivity index (χ1) is 15.1. The van der Waals surface area contributed by atoms with Crippen LogP contribution < -0.4 is 9.47 Å². The highest BCUT2D eigenvalue weighted by Crippen LogP contribution is 2.28. The highest BCUT2D eigenvalue weighted by Gasteiger charge is 2.16. The fourth-order valence-electron chi connectivity index (χ4n) is 3.72. The van der Waals surface area contributed by atoms with Crippen molar-refractivity contribution in [2.24, 2.45) is 0 Å². The first-order valence-corrected chi connectivity index (χ1v) is 9.84. The molecule has 3 heterocycles. The molecule has 7 heteroatoms. The topological polar surface area (TPSA) is 82.0 Å². The molecule has 0 saturated heterocycles. The Morgan fingerprint density at radius 3 is 2.87 bits per heavy atom.